The Hall–Kier alpha value is -2.85. The zero-order valence-electron chi connectivity index (χ0n) is 13.3. The number of anilines is 1. The highest BCUT2D eigenvalue weighted by atomic mass is 16.5. The summed E-state index contributed by atoms with van der Waals surface area (Å²) in [6, 6.07) is 1.97. The van der Waals surface area contributed by atoms with Crippen LogP contribution in [0.2, 0.25) is 0 Å². The molecule has 7 heteroatoms. The van der Waals surface area contributed by atoms with Gasteiger partial charge >= 0.3 is 0 Å². The Kier molecular flexibility index (Phi) is 4.00. The number of nitrogens with one attached hydrogen (secondary N) is 1. The van der Waals surface area contributed by atoms with Crippen LogP contribution in [0.5, 0.6) is 0 Å². The van der Waals surface area contributed by atoms with E-state index in [1.165, 1.54) is 0 Å². The highest BCUT2D eigenvalue weighted by molar-refractivity contribution is 5.91. The van der Waals surface area contributed by atoms with Crippen LogP contribution in [0.15, 0.2) is 30.9 Å². The Morgan fingerprint density at radius 3 is 2.87 bits per heavy atom. The van der Waals surface area contributed by atoms with Gasteiger partial charge in [0.1, 0.15) is 6.23 Å². The number of fused-ring (bicyclic) bond motifs is 1. The molecule has 7 nitrogen and oxygen atoms in total. The lowest BCUT2D eigenvalue weighted by molar-refractivity contribution is 0.0160. The van der Waals surface area contributed by atoms with Gasteiger partial charge in [0, 0.05) is 31.0 Å². The summed E-state index contributed by atoms with van der Waals surface area (Å²) >= 11 is 0. The van der Waals surface area contributed by atoms with Crippen LogP contribution < -0.4 is 5.32 Å². The third-order valence-electron chi connectivity index (χ3n) is 3.70. The van der Waals surface area contributed by atoms with E-state index >= 15 is 0 Å². The number of hydrogen-bond donors (Lipinski definition) is 1. The van der Waals surface area contributed by atoms with Crippen molar-refractivity contribution in [3.05, 3.63) is 42.3 Å². The van der Waals surface area contributed by atoms with Gasteiger partial charge in [0.25, 0.3) is 0 Å². The minimum absolute atomic E-state index is 0.150. The molecule has 0 saturated heterocycles. The predicted molar refractivity (Wildman–Crippen MR) is 88.6 cm³/mol. The van der Waals surface area contributed by atoms with Crippen molar-refractivity contribution in [3.63, 3.8) is 0 Å². The smallest absolute Gasteiger partial charge is 0.216 e. The average molecular weight is 310 g/mol. The van der Waals surface area contributed by atoms with Crippen molar-refractivity contribution in [2.75, 3.05) is 19.0 Å². The summed E-state index contributed by atoms with van der Waals surface area (Å²) in [6.07, 6.45) is 6.97. The lowest BCUT2D eigenvalue weighted by Crippen LogP contribution is -2.09. The van der Waals surface area contributed by atoms with Gasteiger partial charge in [0.2, 0.25) is 5.69 Å². The Labute approximate surface area is 134 Å². The summed E-state index contributed by atoms with van der Waals surface area (Å²) in [5, 5.41) is 11.7. The molecule has 3 aromatic heterocycles. The molecule has 0 aliphatic heterocycles. The second-order valence-corrected chi connectivity index (χ2v) is 5.09. The maximum Gasteiger partial charge on any atom is 0.216 e. The quantitative estimate of drug-likeness (QED) is 0.734. The van der Waals surface area contributed by atoms with E-state index in [1.807, 2.05) is 39.4 Å². The van der Waals surface area contributed by atoms with Crippen molar-refractivity contribution in [2.45, 2.75) is 20.1 Å². The molecule has 0 aromatic carbocycles. The first kappa shape index (κ1) is 15.1. The highest BCUT2D eigenvalue weighted by Gasteiger charge is 2.16. The van der Waals surface area contributed by atoms with Crippen LogP contribution in [0.1, 0.15) is 20.1 Å². The molecule has 0 bridgehead atoms. The molecule has 3 heterocycles. The first-order valence-corrected chi connectivity index (χ1v) is 7.40. The highest BCUT2D eigenvalue weighted by Crippen LogP contribution is 2.35. The zero-order chi connectivity index (χ0) is 16.4. The molecule has 0 aliphatic carbocycles. The fourth-order valence-electron chi connectivity index (χ4n) is 2.55. The lowest BCUT2D eigenvalue weighted by Gasteiger charge is -2.11. The predicted octanol–water partition coefficient (Wildman–Crippen LogP) is 3.35. The molecule has 3 aromatic rings. The van der Waals surface area contributed by atoms with E-state index in [0.29, 0.717) is 12.3 Å². The van der Waals surface area contributed by atoms with Crippen LogP contribution in [0, 0.1) is 6.57 Å². The van der Waals surface area contributed by atoms with Gasteiger partial charge in [0.05, 0.1) is 36.4 Å². The van der Waals surface area contributed by atoms with E-state index in [0.717, 1.165) is 22.3 Å². The van der Waals surface area contributed by atoms with E-state index in [9.17, 15) is 0 Å². The molecular weight excluding hydrogens is 292 g/mol. The second-order valence-electron chi connectivity index (χ2n) is 5.09. The Morgan fingerprint density at radius 2 is 2.17 bits per heavy atom. The summed E-state index contributed by atoms with van der Waals surface area (Å²) in [6.45, 7) is 11.9. The maximum atomic E-state index is 7.43. The monoisotopic (exact) mass is 310 g/mol. The maximum absolute atomic E-state index is 7.43. The number of aromatic nitrogens is 4. The zero-order valence-corrected chi connectivity index (χ0v) is 13.3. The molecule has 0 aliphatic rings. The van der Waals surface area contributed by atoms with Gasteiger partial charge in [-0.25, -0.2) is 14.0 Å². The first-order valence-electron chi connectivity index (χ1n) is 7.40. The average Bonchev–Trinajstić information content (AvgIpc) is 3.20. The SMILES string of the molecule is [C-]#[N+]c1cnn2cc(NC)cc2c1-c1cnn(C(C)OCC)c1. The van der Waals surface area contributed by atoms with Crippen molar-refractivity contribution < 1.29 is 4.74 Å². The minimum atomic E-state index is -0.150. The van der Waals surface area contributed by atoms with Crippen molar-refractivity contribution in [1.82, 2.24) is 19.4 Å². The standard InChI is InChI=1S/C16H18N6O/c1-5-23-11(2)21-9-12(7-19-21)16-14(18-4)8-20-22-10-13(17-3)6-15(16)22/h6-11,17H,5H2,1-3H3. The fraction of sp³-hybridized carbons (Fsp3) is 0.312. The number of rotatable bonds is 5. The third kappa shape index (κ3) is 2.64. The summed E-state index contributed by atoms with van der Waals surface area (Å²) in [5.41, 5.74) is 4.01. The number of nitrogens with zero attached hydrogens (tertiary/aromatic N) is 5. The van der Waals surface area contributed by atoms with Gasteiger partial charge in [-0.05, 0) is 19.9 Å². The summed E-state index contributed by atoms with van der Waals surface area (Å²) in [7, 11) is 1.85. The molecule has 3 rings (SSSR count). The van der Waals surface area contributed by atoms with Crippen LogP contribution >= 0.6 is 0 Å². The molecule has 23 heavy (non-hydrogen) atoms. The van der Waals surface area contributed by atoms with Gasteiger partial charge in [-0.3, -0.25) is 0 Å². The van der Waals surface area contributed by atoms with Crippen LogP contribution in [0.25, 0.3) is 21.5 Å². The van der Waals surface area contributed by atoms with Gasteiger partial charge < -0.3 is 10.1 Å². The van der Waals surface area contributed by atoms with E-state index in [1.54, 1.807) is 21.6 Å². The normalized spacial score (nSPS) is 12.3. The second kappa shape index (κ2) is 6.10. The van der Waals surface area contributed by atoms with Crippen molar-refractivity contribution in [3.8, 4) is 11.1 Å². The van der Waals surface area contributed by atoms with Crippen LogP contribution in [-0.4, -0.2) is 33.0 Å². The van der Waals surface area contributed by atoms with E-state index in [-0.39, 0.29) is 6.23 Å². The molecule has 1 N–H and O–H groups in total. The van der Waals surface area contributed by atoms with Gasteiger partial charge in [-0.15, -0.1) is 0 Å². The van der Waals surface area contributed by atoms with Gasteiger partial charge in [-0.2, -0.15) is 10.2 Å². The fourth-order valence-corrected chi connectivity index (χ4v) is 2.55. The molecule has 0 amide bonds. The molecule has 0 fully saturated rings. The molecule has 1 atom stereocenters. The van der Waals surface area contributed by atoms with Gasteiger partial charge in [-0.1, -0.05) is 0 Å². The largest absolute Gasteiger partial charge is 0.387 e. The van der Waals surface area contributed by atoms with Crippen molar-refractivity contribution in [1.29, 1.82) is 0 Å². The van der Waals surface area contributed by atoms with Crippen molar-refractivity contribution in [2.24, 2.45) is 0 Å². The van der Waals surface area contributed by atoms with Gasteiger partial charge in [0.15, 0.2) is 0 Å². The first-order chi connectivity index (χ1) is 11.2. The topological polar surface area (TPSA) is 60.7 Å². The van der Waals surface area contributed by atoms with Crippen molar-refractivity contribution >= 4 is 16.9 Å². The van der Waals surface area contributed by atoms with E-state index in [2.05, 4.69) is 20.4 Å². The molecule has 0 spiro atoms. The molecule has 0 radical (unpaired) electrons. The summed E-state index contributed by atoms with van der Waals surface area (Å²) in [5.74, 6) is 0. The molecule has 0 saturated carbocycles. The lowest BCUT2D eigenvalue weighted by atomic mass is 10.1. The van der Waals surface area contributed by atoms with Crippen LogP contribution in [0.3, 0.4) is 0 Å². The van der Waals surface area contributed by atoms with Crippen LogP contribution in [-0.2, 0) is 4.74 Å². The minimum Gasteiger partial charge on any atom is -0.387 e. The molecular formula is C16H18N6O. The number of ether oxygens (including phenoxy) is 1. The van der Waals surface area contributed by atoms with E-state index in [4.69, 9.17) is 11.3 Å². The Balaban J connectivity index is 2.14. The Morgan fingerprint density at radius 1 is 1.35 bits per heavy atom. The van der Waals surface area contributed by atoms with Crippen LogP contribution in [0.4, 0.5) is 11.4 Å². The molecule has 1 unspecified atom stereocenters. The van der Waals surface area contributed by atoms with E-state index < -0.39 is 0 Å². The Bertz CT molecular complexity index is 872. The summed E-state index contributed by atoms with van der Waals surface area (Å²) in [4.78, 5) is 3.61. The summed E-state index contributed by atoms with van der Waals surface area (Å²) < 4.78 is 9.07. The molecule has 118 valence electrons. The third-order valence-corrected chi connectivity index (χ3v) is 3.70. The number of hydrogen-bond acceptors (Lipinski definition) is 4.